The molecule has 0 aromatic carbocycles. The highest BCUT2D eigenvalue weighted by molar-refractivity contribution is 7.11. The van der Waals surface area contributed by atoms with Crippen molar-refractivity contribution in [2.45, 2.75) is 12.8 Å². The van der Waals surface area contributed by atoms with Crippen molar-refractivity contribution in [3.8, 4) is 0 Å². The number of amides is 1. The number of hydrogen-bond donors (Lipinski definition) is 1. The van der Waals surface area contributed by atoms with Crippen molar-refractivity contribution < 1.29 is 4.79 Å². The van der Waals surface area contributed by atoms with Crippen LogP contribution in [0.2, 0.25) is 0 Å². The average Bonchev–Trinajstić information content (AvgIpc) is 2.81. The van der Waals surface area contributed by atoms with E-state index in [0.29, 0.717) is 5.01 Å². The van der Waals surface area contributed by atoms with E-state index in [9.17, 15) is 4.79 Å². The summed E-state index contributed by atoms with van der Waals surface area (Å²) in [5.74, 6) is 1.66. The molecule has 0 bridgehead atoms. The second-order valence-electron chi connectivity index (χ2n) is 4.89. The number of aromatic nitrogens is 1. The lowest BCUT2D eigenvalue weighted by Gasteiger charge is -2.44. The highest BCUT2D eigenvalue weighted by atomic mass is 32.1. The number of likely N-dealkylation sites (tertiary alicyclic amines) is 1. The fraction of sp³-hybridized carbons (Fsp3) is 0.667. The normalized spacial score (nSPS) is 22.5. The van der Waals surface area contributed by atoms with Gasteiger partial charge in [0.1, 0.15) is 0 Å². The molecule has 3 heterocycles. The number of carbonyl (C=O) groups excluding carboxylic acids is 1. The zero-order chi connectivity index (χ0) is 11.7. The minimum atomic E-state index is 0.116. The molecule has 4 nitrogen and oxygen atoms in total. The van der Waals surface area contributed by atoms with Crippen molar-refractivity contribution >= 4 is 17.2 Å². The van der Waals surface area contributed by atoms with E-state index < -0.39 is 0 Å². The standard InChI is InChI=1S/C12H17N3OS/c16-12(11-14-5-6-17-11)15-7-10(8-15)9-1-3-13-4-2-9/h5-6,9-10,13H,1-4,7-8H2. The molecular weight excluding hydrogens is 234 g/mol. The topological polar surface area (TPSA) is 45.2 Å². The van der Waals surface area contributed by atoms with Gasteiger partial charge in [-0.2, -0.15) is 0 Å². The zero-order valence-corrected chi connectivity index (χ0v) is 10.6. The van der Waals surface area contributed by atoms with Crippen LogP contribution in [0.3, 0.4) is 0 Å². The van der Waals surface area contributed by atoms with Crippen molar-refractivity contribution in [2.24, 2.45) is 11.8 Å². The van der Waals surface area contributed by atoms with E-state index in [0.717, 1.165) is 38.0 Å². The Morgan fingerprint density at radius 2 is 2.12 bits per heavy atom. The summed E-state index contributed by atoms with van der Waals surface area (Å²) in [6, 6.07) is 0. The number of thiazole rings is 1. The number of piperidine rings is 1. The molecule has 0 saturated carbocycles. The predicted molar refractivity (Wildman–Crippen MR) is 67.1 cm³/mol. The molecule has 92 valence electrons. The van der Waals surface area contributed by atoms with E-state index in [-0.39, 0.29) is 5.91 Å². The van der Waals surface area contributed by atoms with Gasteiger partial charge in [-0.05, 0) is 37.8 Å². The SMILES string of the molecule is O=C(c1nccs1)N1CC(C2CCNCC2)C1. The van der Waals surface area contributed by atoms with E-state index in [2.05, 4.69) is 10.3 Å². The van der Waals surface area contributed by atoms with Crippen LogP contribution < -0.4 is 5.32 Å². The Kier molecular flexibility index (Phi) is 3.11. The van der Waals surface area contributed by atoms with Gasteiger partial charge in [0.25, 0.3) is 5.91 Å². The fourth-order valence-electron chi connectivity index (χ4n) is 2.76. The Morgan fingerprint density at radius 1 is 1.35 bits per heavy atom. The summed E-state index contributed by atoms with van der Waals surface area (Å²) >= 11 is 1.43. The van der Waals surface area contributed by atoms with E-state index in [1.54, 1.807) is 6.20 Å². The molecule has 1 N–H and O–H groups in total. The third-order valence-corrected chi connectivity index (χ3v) is 4.62. The molecule has 2 aliphatic rings. The summed E-state index contributed by atoms with van der Waals surface area (Å²) in [5, 5.41) is 5.88. The lowest BCUT2D eigenvalue weighted by atomic mass is 9.80. The lowest BCUT2D eigenvalue weighted by molar-refractivity contribution is 0.0316. The summed E-state index contributed by atoms with van der Waals surface area (Å²) in [4.78, 5) is 18.0. The molecule has 1 amide bonds. The largest absolute Gasteiger partial charge is 0.336 e. The Morgan fingerprint density at radius 3 is 2.76 bits per heavy atom. The molecule has 0 radical (unpaired) electrons. The molecule has 2 fully saturated rings. The third kappa shape index (κ3) is 2.21. The van der Waals surface area contributed by atoms with Gasteiger partial charge in [-0.25, -0.2) is 4.98 Å². The Hall–Kier alpha value is -0.940. The van der Waals surface area contributed by atoms with Crippen molar-refractivity contribution in [2.75, 3.05) is 26.2 Å². The molecule has 17 heavy (non-hydrogen) atoms. The van der Waals surface area contributed by atoms with Gasteiger partial charge in [0.05, 0.1) is 0 Å². The fourth-order valence-corrected chi connectivity index (χ4v) is 3.36. The quantitative estimate of drug-likeness (QED) is 0.859. The van der Waals surface area contributed by atoms with E-state index in [1.165, 1.54) is 24.2 Å². The molecule has 0 spiro atoms. The van der Waals surface area contributed by atoms with Gasteiger partial charge < -0.3 is 10.2 Å². The second kappa shape index (κ2) is 4.74. The maximum atomic E-state index is 12.0. The molecule has 3 rings (SSSR count). The summed E-state index contributed by atoms with van der Waals surface area (Å²) < 4.78 is 0. The molecule has 2 aliphatic heterocycles. The number of rotatable bonds is 2. The van der Waals surface area contributed by atoms with Crippen LogP contribution in [0.25, 0.3) is 0 Å². The van der Waals surface area contributed by atoms with Crippen LogP contribution in [0.1, 0.15) is 22.6 Å². The molecular formula is C12H17N3OS. The molecule has 1 aromatic heterocycles. The molecule has 0 atom stereocenters. The summed E-state index contributed by atoms with van der Waals surface area (Å²) in [7, 11) is 0. The van der Waals surface area contributed by atoms with E-state index in [4.69, 9.17) is 0 Å². The third-order valence-electron chi connectivity index (χ3n) is 3.86. The van der Waals surface area contributed by atoms with Crippen LogP contribution in [0.15, 0.2) is 11.6 Å². The van der Waals surface area contributed by atoms with E-state index >= 15 is 0 Å². The van der Waals surface area contributed by atoms with Gasteiger partial charge in [0.2, 0.25) is 0 Å². The van der Waals surface area contributed by atoms with Crippen molar-refractivity contribution in [1.29, 1.82) is 0 Å². The Bertz CT molecular complexity index is 380. The van der Waals surface area contributed by atoms with Gasteiger partial charge in [0.15, 0.2) is 5.01 Å². The first-order valence-electron chi connectivity index (χ1n) is 6.24. The van der Waals surface area contributed by atoms with Crippen LogP contribution in [-0.2, 0) is 0 Å². The Labute approximate surface area is 105 Å². The first kappa shape index (κ1) is 11.2. The number of nitrogens with zero attached hydrogens (tertiary/aromatic N) is 2. The highest BCUT2D eigenvalue weighted by Crippen LogP contribution is 2.30. The van der Waals surface area contributed by atoms with Gasteiger partial charge in [-0.1, -0.05) is 0 Å². The van der Waals surface area contributed by atoms with Gasteiger partial charge in [-0.3, -0.25) is 4.79 Å². The highest BCUT2D eigenvalue weighted by Gasteiger charge is 2.37. The van der Waals surface area contributed by atoms with Crippen molar-refractivity contribution in [1.82, 2.24) is 15.2 Å². The molecule has 1 aromatic rings. The van der Waals surface area contributed by atoms with Crippen molar-refractivity contribution in [3.63, 3.8) is 0 Å². The summed E-state index contributed by atoms with van der Waals surface area (Å²) in [6.45, 7) is 4.15. The maximum absolute atomic E-state index is 12.0. The van der Waals surface area contributed by atoms with Crippen LogP contribution in [-0.4, -0.2) is 42.0 Å². The number of nitrogens with one attached hydrogen (secondary N) is 1. The van der Waals surface area contributed by atoms with E-state index in [1.807, 2.05) is 10.3 Å². The molecule has 0 aliphatic carbocycles. The number of hydrogen-bond acceptors (Lipinski definition) is 4. The molecule has 2 saturated heterocycles. The average molecular weight is 251 g/mol. The smallest absolute Gasteiger partial charge is 0.282 e. The minimum Gasteiger partial charge on any atom is -0.336 e. The van der Waals surface area contributed by atoms with Crippen LogP contribution in [0, 0.1) is 11.8 Å². The summed E-state index contributed by atoms with van der Waals surface area (Å²) in [5.41, 5.74) is 0. The monoisotopic (exact) mass is 251 g/mol. The Balaban J connectivity index is 1.52. The minimum absolute atomic E-state index is 0.116. The van der Waals surface area contributed by atoms with Gasteiger partial charge >= 0.3 is 0 Å². The van der Waals surface area contributed by atoms with Crippen LogP contribution in [0.5, 0.6) is 0 Å². The molecule has 0 unspecified atom stereocenters. The zero-order valence-electron chi connectivity index (χ0n) is 9.76. The summed E-state index contributed by atoms with van der Waals surface area (Å²) in [6.07, 6.45) is 4.23. The van der Waals surface area contributed by atoms with Gasteiger partial charge in [0, 0.05) is 24.7 Å². The predicted octanol–water partition coefficient (Wildman–Crippen LogP) is 1.21. The maximum Gasteiger partial charge on any atom is 0.282 e. The second-order valence-corrected chi connectivity index (χ2v) is 5.79. The first-order valence-corrected chi connectivity index (χ1v) is 7.12. The van der Waals surface area contributed by atoms with Crippen molar-refractivity contribution in [3.05, 3.63) is 16.6 Å². The molecule has 5 heteroatoms. The lowest BCUT2D eigenvalue weighted by Crippen LogP contribution is -2.54. The van der Waals surface area contributed by atoms with Crippen LogP contribution in [0.4, 0.5) is 0 Å². The van der Waals surface area contributed by atoms with Gasteiger partial charge in [-0.15, -0.1) is 11.3 Å². The van der Waals surface area contributed by atoms with Crippen LogP contribution >= 0.6 is 11.3 Å². The first-order chi connectivity index (χ1) is 8.34. The number of carbonyl (C=O) groups is 1.